The molecular formula is C43H42FN7O7S2. The molecule has 14 nitrogen and oxygen atoms in total. The van der Waals surface area contributed by atoms with Gasteiger partial charge in [0.25, 0.3) is 11.8 Å². The topological polar surface area (TPSA) is 190 Å². The second-order valence-corrected chi connectivity index (χ2v) is 18.8. The highest BCUT2D eigenvalue weighted by atomic mass is 32.2. The summed E-state index contributed by atoms with van der Waals surface area (Å²) in [7, 11) is -3.94. The summed E-state index contributed by atoms with van der Waals surface area (Å²) in [6.07, 6.45) is 6.78. The molecule has 4 amide bonds. The van der Waals surface area contributed by atoms with Crippen LogP contribution >= 0.6 is 11.3 Å². The fourth-order valence-corrected chi connectivity index (χ4v) is 10.4. The summed E-state index contributed by atoms with van der Waals surface area (Å²) in [5.74, 6) is -3.95. The van der Waals surface area contributed by atoms with Crippen LogP contribution in [0.3, 0.4) is 0 Å². The quantitative estimate of drug-likeness (QED) is 0.175. The normalized spacial score (nSPS) is 25.3. The lowest BCUT2D eigenvalue weighted by atomic mass is 10.0. The number of thiazole rings is 1. The minimum Gasteiger partial charge on any atom is -0.471 e. The van der Waals surface area contributed by atoms with Crippen LogP contribution in [-0.4, -0.2) is 87.4 Å². The molecule has 60 heavy (non-hydrogen) atoms. The number of ether oxygens (including phenoxy) is 1. The molecule has 3 fully saturated rings. The number of nitrogens with one attached hydrogen (secondary N) is 3. The minimum atomic E-state index is -3.94. The monoisotopic (exact) mass is 851 g/mol. The number of fused-ring (bicyclic) bond motifs is 4. The van der Waals surface area contributed by atoms with Crippen LogP contribution in [0, 0.1) is 11.7 Å². The van der Waals surface area contributed by atoms with Crippen LogP contribution in [0.5, 0.6) is 5.88 Å². The molecule has 2 aromatic heterocycles. The largest absolute Gasteiger partial charge is 0.471 e. The van der Waals surface area contributed by atoms with Gasteiger partial charge in [0.1, 0.15) is 34.6 Å². The number of amides is 4. The van der Waals surface area contributed by atoms with Crippen LogP contribution in [0.4, 0.5) is 4.39 Å². The molecule has 2 saturated carbocycles. The SMILES string of the molecule is O=C(N[C@H]1CCCCC/C=C\[C@@H]2C[C@@]2(C(=O)NS(=O)(=O)C2CC2)NC(=O)[C@@H]2C[C@@H](Oc3nc4ccccc4nc3-c3nc4ccccc4s3)CN2C1=O)c1ccccc1F. The Balaban J connectivity index is 1.06. The number of carbonyl (C=O) groups excluding carboxylic acids is 4. The Morgan fingerprint density at radius 1 is 0.900 bits per heavy atom. The van der Waals surface area contributed by atoms with E-state index in [2.05, 4.69) is 15.4 Å². The number of para-hydroxylation sites is 3. The Labute approximate surface area is 349 Å². The lowest BCUT2D eigenvalue weighted by Crippen LogP contribution is -2.58. The van der Waals surface area contributed by atoms with E-state index in [1.807, 2.05) is 54.6 Å². The highest BCUT2D eigenvalue weighted by molar-refractivity contribution is 7.91. The minimum absolute atomic E-state index is 0.0437. The third kappa shape index (κ3) is 7.95. The number of nitrogens with zero attached hydrogens (tertiary/aromatic N) is 4. The Bertz CT molecular complexity index is 2640. The van der Waals surface area contributed by atoms with Crippen molar-refractivity contribution in [3.63, 3.8) is 0 Å². The van der Waals surface area contributed by atoms with Crippen LogP contribution in [0.25, 0.3) is 32.0 Å². The molecule has 3 N–H and O–H groups in total. The third-order valence-electron chi connectivity index (χ3n) is 11.6. The van der Waals surface area contributed by atoms with Gasteiger partial charge < -0.3 is 20.3 Å². The Hall–Kier alpha value is -5.81. The highest BCUT2D eigenvalue weighted by Crippen LogP contribution is 2.46. The number of halogens is 1. The van der Waals surface area contributed by atoms with Crippen molar-refractivity contribution in [1.29, 1.82) is 0 Å². The van der Waals surface area contributed by atoms with E-state index in [1.165, 1.54) is 34.4 Å². The zero-order valence-corrected chi connectivity index (χ0v) is 34.0. The van der Waals surface area contributed by atoms with Crippen LogP contribution in [0.15, 0.2) is 84.9 Å². The predicted octanol–water partition coefficient (Wildman–Crippen LogP) is 5.20. The molecule has 0 spiro atoms. The molecule has 0 bridgehead atoms. The van der Waals surface area contributed by atoms with Gasteiger partial charge in [-0.05, 0) is 74.9 Å². The zero-order valence-electron chi connectivity index (χ0n) is 32.4. The van der Waals surface area contributed by atoms with Gasteiger partial charge in [-0.1, -0.05) is 61.4 Å². The van der Waals surface area contributed by atoms with Crippen molar-refractivity contribution in [1.82, 2.24) is 35.2 Å². The van der Waals surface area contributed by atoms with Gasteiger partial charge >= 0.3 is 0 Å². The second kappa shape index (κ2) is 16.0. The van der Waals surface area contributed by atoms with Crippen LogP contribution in [-0.2, 0) is 24.4 Å². The van der Waals surface area contributed by atoms with E-state index in [4.69, 9.17) is 19.7 Å². The van der Waals surface area contributed by atoms with Gasteiger partial charge in [0.2, 0.25) is 27.7 Å². The second-order valence-electron chi connectivity index (χ2n) is 15.9. The molecule has 4 aliphatic rings. The van der Waals surface area contributed by atoms with Crippen molar-refractivity contribution in [2.75, 3.05) is 6.54 Å². The highest BCUT2D eigenvalue weighted by Gasteiger charge is 2.62. The number of hydrogen-bond acceptors (Lipinski definition) is 11. The van der Waals surface area contributed by atoms with Crippen molar-refractivity contribution in [2.45, 2.75) is 86.8 Å². The summed E-state index contributed by atoms with van der Waals surface area (Å²) in [6, 6.07) is 18.1. The van der Waals surface area contributed by atoms with E-state index in [0.29, 0.717) is 53.8 Å². The smallest absolute Gasteiger partial charge is 0.259 e. The third-order valence-corrected chi connectivity index (χ3v) is 14.4. The number of aromatic nitrogens is 3. The lowest BCUT2D eigenvalue weighted by molar-refractivity contribution is -0.141. The van der Waals surface area contributed by atoms with E-state index >= 15 is 0 Å². The molecule has 5 aromatic rings. The molecule has 1 saturated heterocycles. The number of sulfonamides is 1. The summed E-state index contributed by atoms with van der Waals surface area (Å²) in [6.45, 7) is -0.116. The van der Waals surface area contributed by atoms with E-state index in [1.54, 1.807) is 6.07 Å². The van der Waals surface area contributed by atoms with Crippen LogP contribution < -0.4 is 20.1 Å². The number of hydrogen-bond donors (Lipinski definition) is 3. The molecule has 3 aromatic carbocycles. The fraction of sp³-hybridized carbons (Fsp3) is 0.372. The molecule has 5 atom stereocenters. The van der Waals surface area contributed by atoms with Crippen molar-refractivity contribution in [3.8, 4) is 16.6 Å². The molecule has 9 rings (SSSR count). The van der Waals surface area contributed by atoms with E-state index in [9.17, 15) is 32.0 Å². The maximum Gasteiger partial charge on any atom is 0.259 e. The Kier molecular flexibility index (Phi) is 10.6. The first kappa shape index (κ1) is 39.6. The first-order valence-corrected chi connectivity index (χ1v) is 22.6. The summed E-state index contributed by atoms with van der Waals surface area (Å²) < 4.78 is 50.4. The number of carbonyl (C=O) groups is 4. The van der Waals surface area contributed by atoms with Crippen molar-refractivity contribution >= 4 is 66.2 Å². The molecule has 2 aliphatic carbocycles. The first-order chi connectivity index (χ1) is 29.0. The molecule has 0 unspecified atom stereocenters. The molecule has 17 heteroatoms. The summed E-state index contributed by atoms with van der Waals surface area (Å²) in [5.41, 5.74) is 0.524. The van der Waals surface area contributed by atoms with Crippen molar-refractivity contribution in [2.24, 2.45) is 5.92 Å². The molecule has 4 heterocycles. The van der Waals surface area contributed by atoms with Gasteiger partial charge in [0.15, 0.2) is 5.69 Å². The summed E-state index contributed by atoms with van der Waals surface area (Å²) >= 11 is 1.42. The van der Waals surface area contributed by atoms with Gasteiger partial charge in [-0.25, -0.2) is 27.8 Å². The predicted molar refractivity (Wildman–Crippen MR) is 222 cm³/mol. The standard InChI is InChI=1S/C43H42FN7O7S2/c44-29-14-7-6-13-28(29)37(52)46-33-18-5-3-1-2-4-12-25-23-43(25,42(55)50-60(56,57)27-20-21-27)49-38(53)34-22-26(24-51(34)41(33)54)58-39-36(45-30-15-8-9-16-31(30)47-39)40-48-32-17-10-11-19-35(32)59-40/h4,6-17,19,25-27,33-34H,1-3,5,18,20-24H2,(H,46,52)(H,49,53)(H,50,55)/b12-4-/t25-,26-,33+,34+,43-/m1/s1. The van der Waals surface area contributed by atoms with Gasteiger partial charge in [0, 0.05) is 12.3 Å². The van der Waals surface area contributed by atoms with E-state index < -0.39 is 74.4 Å². The maximum atomic E-state index is 14.8. The van der Waals surface area contributed by atoms with Crippen molar-refractivity contribution in [3.05, 3.63) is 96.3 Å². The number of rotatable bonds is 8. The lowest BCUT2D eigenvalue weighted by Gasteiger charge is -2.30. The first-order valence-electron chi connectivity index (χ1n) is 20.2. The van der Waals surface area contributed by atoms with Crippen LogP contribution in [0.1, 0.15) is 68.1 Å². The average Bonchev–Trinajstić information content (AvgIpc) is 4.13. The molecule has 0 radical (unpaired) electrons. The van der Waals surface area contributed by atoms with Crippen molar-refractivity contribution < 1.29 is 36.7 Å². The van der Waals surface area contributed by atoms with E-state index in [-0.39, 0.29) is 37.3 Å². The average molecular weight is 852 g/mol. The summed E-state index contributed by atoms with van der Waals surface area (Å²) in [4.78, 5) is 72.6. The molecule has 2 aliphatic heterocycles. The Morgan fingerprint density at radius 3 is 2.40 bits per heavy atom. The summed E-state index contributed by atoms with van der Waals surface area (Å²) in [5, 5.41) is 5.51. The maximum absolute atomic E-state index is 14.8. The molecule has 310 valence electrons. The molecular weight excluding hydrogens is 810 g/mol. The van der Waals surface area contributed by atoms with Gasteiger partial charge in [-0.15, -0.1) is 11.3 Å². The number of allylic oxidation sites excluding steroid dienone is 1. The number of benzene rings is 3. The fourth-order valence-electron chi connectivity index (χ4n) is 8.07. The van der Waals surface area contributed by atoms with Crippen LogP contribution in [0.2, 0.25) is 0 Å². The van der Waals surface area contributed by atoms with Gasteiger partial charge in [-0.2, -0.15) is 0 Å². The Morgan fingerprint density at radius 2 is 1.63 bits per heavy atom. The van der Waals surface area contributed by atoms with E-state index in [0.717, 1.165) is 22.7 Å². The van der Waals surface area contributed by atoms with Gasteiger partial charge in [0.05, 0.1) is 38.6 Å². The zero-order chi connectivity index (χ0) is 41.6. The van der Waals surface area contributed by atoms with Gasteiger partial charge in [-0.3, -0.25) is 23.9 Å².